The van der Waals surface area contributed by atoms with E-state index in [1.165, 1.54) is 51.4 Å². The first-order valence-corrected chi connectivity index (χ1v) is 7.02. The lowest BCUT2D eigenvalue weighted by Crippen LogP contribution is -2.19. The number of unbranched alkanes of at least 4 members (excludes halogenated alkanes) is 7. The van der Waals surface area contributed by atoms with E-state index in [0.717, 1.165) is 32.6 Å². The van der Waals surface area contributed by atoms with Gasteiger partial charge >= 0.3 is 0 Å². The monoisotopic (exact) mass is 229 g/mol. The van der Waals surface area contributed by atoms with Crippen molar-refractivity contribution >= 4 is 0 Å². The summed E-state index contributed by atoms with van der Waals surface area (Å²) < 4.78 is 0. The molecule has 0 aromatic carbocycles. The summed E-state index contributed by atoms with van der Waals surface area (Å²) in [6.07, 6.45) is 11.8. The summed E-state index contributed by atoms with van der Waals surface area (Å²) >= 11 is 0. The van der Waals surface area contributed by atoms with Gasteiger partial charge in [0.2, 0.25) is 0 Å². The van der Waals surface area contributed by atoms with E-state index < -0.39 is 0 Å². The van der Waals surface area contributed by atoms with Gasteiger partial charge in [-0.15, -0.1) is 0 Å². The molecule has 5 N–H and O–H groups in total. The van der Waals surface area contributed by atoms with Gasteiger partial charge in [-0.2, -0.15) is 0 Å². The van der Waals surface area contributed by atoms with Crippen molar-refractivity contribution in [3.8, 4) is 0 Å². The highest BCUT2D eigenvalue weighted by Crippen LogP contribution is 2.07. The molecule has 0 amide bonds. The van der Waals surface area contributed by atoms with Crippen LogP contribution in [0, 0.1) is 0 Å². The predicted octanol–water partition coefficient (Wildman–Crippen LogP) is 2.00. The molecule has 3 heteroatoms. The number of nitrogens with two attached hydrogens (primary N) is 2. The Morgan fingerprint density at radius 2 is 0.938 bits per heavy atom. The Bertz CT molecular complexity index is 104. The molecule has 0 spiro atoms. The van der Waals surface area contributed by atoms with Crippen molar-refractivity contribution in [3.05, 3.63) is 0 Å². The molecule has 98 valence electrons. The predicted molar refractivity (Wildman–Crippen MR) is 72.5 cm³/mol. The molecule has 0 rings (SSSR count). The Balaban J connectivity index is 2.83. The van der Waals surface area contributed by atoms with E-state index in [1.807, 2.05) is 0 Å². The minimum atomic E-state index is 0.801. The fourth-order valence-electron chi connectivity index (χ4n) is 1.81. The van der Waals surface area contributed by atoms with Gasteiger partial charge in [0.05, 0.1) is 0 Å². The SMILES string of the molecule is NCCCCCCCCCCNCCCN. The van der Waals surface area contributed by atoms with Crippen molar-refractivity contribution in [2.75, 3.05) is 26.2 Å². The van der Waals surface area contributed by atoms with Crippen LogP contribution in [0.4, 0.5) is 0 Å². The molecule has 3 nitrogen and oxygen atoms in total. The van der Waals surface area contributed by atoms with Crippen LogP contribution < -0.4 is 16.8 Å². The minimum absolute atomic E-state index is 0.801. The molecule has 0 unspecified atom stereocenters. The van der Waals surface area contributed by atoms with Crippen LogP contribution in [0.3, 0.4) is 0 Å². The third-order valence-corrected chi connectivity index (χ3v) is 2.87. The third kappa shape index (κ3) is 13.9. The van der Waals surface area contributed by atoms with Crippen LogP contribution in [-0.4, -0.2) is 26.2 Å². The van der Waals surface area contributed by atoms with Crippen LogP contribution in [0.1, 0.15) is 57.8 Å². The van der Waals surface area contributed by atoms with Crippen molar-refractivity contribution in [1.29, 1.82) is 0 Å². The van der Waals surface area contributed by atoms with Crippen molar-refractivity contribution < 1.29 is 0 Å². The molecule has 0 saturated carbocycles. The highest BCUT2D eigenvalue weighted by atomic mass is 14.8. The average molecular weight is 229 g/mol. The van der Waals surface area contributed by atoms with E-state index in [0.29, 0.717) is 0 Å². The number of hydrogen-bond donors (Lipinski definition) is 3. The second kappa shape index (κ2) is 14.9. The van der Waals surface area contributed by atoms with Gasteiger partial charge in [0.15, 0.2) is 0 Å². The molecule has 0 atom stereocenters. The molecule has 0 aliphatic heterocycles. The molecular formula is C13H31N3. The van der Waals surface area contributed by atoms with Crippen LogP contribution in [0.15, 0.2) is 0 Å². The zero-order valence-corrected chi connectivity index (χ0v) is 10.8. The number of hydrogen-bond acceptors (Lipinski definition) is 3. The maximum Gasteiger partial charge on any atom is -0.00369 e. The zero-order chi connectivity index (χ0) is 11.9. The third-order valence-electron chi connectivity index (χ3n) is 2.87. The summed E-state index contributed by atoms with van der Waals surface area (Å²) in [7, 11) is 0. The molecule has 0 saturated heterocycles. The molecule has 0 heterocycles. The van der Waals surface area contributed by atoms with E-state index in [1.54, 1.807) is 0 Å². The van der Waals surface area contributed by atoms with Crippen molar-refractivity contribution in [2.24, 2.45) is 11.5 Å². The van der Waals surface area contributed by atoms with Crippen LogP contribution in [0.2, 0.25) is 0 Å². The summed E-state index contributed by atoms with van der Waals surface area (Å²) in [5.41, 5.74) is 10.9. The maximum absolute atomic E-state index is 5.44. The van der Waals surface area contributed by atoms with Crippen LogP contribution in [0.5, 0.6) is 0 Å². The quantitative estimate of drug-likeness (QED) is 0.423. The van der Waals surface area contributed by atoms with Crippen LogP contribution in [0.25, 0.3) is 0 Å². The van der Waals surface area contributed by atoms with Crippen LogP contribution in [-0.2, 0) is 0 Å². The van der Waals surface area contributed by atoms with Gasteiger partial charge in [-0.3, -0.25) is 0 Å². The van der Waals surface area contributed by atoms with Gasteiger partial charge in [-0.05, 0) is 45.4 Å². The lowest BCUT2D eigenvalue weighted by Gasteiger charge is -2.04. The molecular weight excluding hydrogens is 198 g/mol. The summed E-state index contributed by atoms with van der Waals surface area (Å²) in [6.45, 7) is 3.90. The first-order chi connectivity index (χ1) is 7.91. The summed E-state index contributed by atoms with van der Waals surface area (Å²) in [6, 6.07) is 0. The summed E-state index contributed by atoms with van der Waals surface area (Å²) in [5, 5.41) is 3.41. The molecule has 0 aliphatic rings. The highest BCUT2D eigenvalue weighted by Gasteiger charge is 1.92. The Hall–Kier alpha value is -0.120. The van der Waals surface area contributed by atoms with Gasteiger partial charge in [-0.25, -0.2) is 0 Å². The Kier molecular flexibility index (Phi) is 14.8. The Morgan fingerprint density at radius 3 is 1.50 bits per heavy atom. The second-order valence-electron chi connectivity index (χ2n) is 4.51. The first kappa shape index (κ1) is 15.9. The van der Waals surface area contributed by atoms with Crippen molar-refractivity contribution in [3.63, 3.8) is 0 Å². The molecule has 0 bridgehead atoms. The van der Waals surface area contributed by atoms with E-state index >= 15 is 0 Å². The first-order valence-electron chi connectivity index (χ1n) is 7.02. The molecule has 0 aromatic rings. The van der Waals surface area contributed by atoms with Gasteiger partial charge in [0, 0.05) is 0 Å². The average Bonchev–Trinajstić information content (AvgIpc) is 2.31. The molecule has 0 aliphatic carbocycles. The Labute approximate surface area is 101 Å². The van der Waals surface area contributed by atoms with Gasteiger partial charge in [-0.1, -0.05) is 38.5 Å². The number of nitrogens with one attached hydrogen (secondary N) is 1. The molecule has 16 heavy (non-hydrogen) atoms. The summed E-state index contributed by atoms with van der Waals surface area (Å²) in [4.78, 5) is 0. The van der Waals surface area contributed by atoms with Gasteiger partial charge in [0.25, 0.3) is 0 Å². The molecule has 0 radical (unpaired) electrons. The maximum atomic E-state index is 5.44. The molecule has 0 fully saturated rings. The number of rotatable bonds is 13. The zero-order valence-electron chi connectivity index (χ0n) is 10.8. The topological polar surface area (TPSA) is 64.1 Å². The lowest BCUT2D eigenvalue weighted by atomic mass is 10.1. The van der Waals surface area contributed by atoms with Gasteiger partial charge < -0.3 is 16.8 Å². The fraction of sp³-hybridized carbons (Fsp3) is 1.00. The van der Waals surface area contributed by atoms with E-state index in [-0.39, 0.29) is 0 Å². The van der Waals surface area contributed by atoms with Crippen molar-refractivity contribution in [1.82, 2.24) is 5.32 Å². The van der Waals surface area contributed by atoms with Gasteiger partial charge in [0.1, 0.15) is 0 Å². The van der Waals surface area contributed by atoms with Crippen LogP contribution >= 0.6 is 0 Å². The second-order valence-corrected chi connectivity index (χ2v) is 4.51. The normalized spacial score (nSPS) is 10.9. The van der Waals surface area contributed by atoms with Crippen molar-refractivity contribution in [2.45, 2.75) is 57.8 Å². The lowest BCUT2D eigenvalue weighted by molar-refractivity contribution is 0.549. The smallest absolute Gasteiger partial charge is 0.00369 e. The van der Waals surface area contributed by atoms with E-state index in [4.69, 9.17) is 11.5 Å². The summed E-state index contributed by atoms with van der Waals surface area (Å²) in [5.74, 6) is 0. The minimum Gasteiger partial charge on any atom is -0.330 e. The fourth-order valence-corrected chi connectivity index (χ4v) is 1.81. The van der Waals surface area contributed by atoms with E-state index in [9.17, 15) is 0 Å². The largest absolute Gasteiger partial charge is 0.330 e. The standard InChI is InChI=1S/C13H31N3/c14-10-7-5-3-1-2-4-6-8-12-16-13-9-11-15/h16H,1-15H2. The van der Waals surface area contributed by atoms with E-state index in [2.05, 4.69) is 5.32 Å². The highest BCUT2D eigenvalue weighted by molar-refractivity contribution is 4.51. The Morgan fingerprint density at radius 1 is 0.500 bits per heavy atom. The molecule has 0 aromatic heterocycles.